The summed E-state index contributed by atoms with van der Waals surface area (Å²) in [4.78, 5) is 12.4. The number of carbonyl (C=O) groups excluding carboxylic acids is 1. The van der Waals surface area contributed by atoms with Gasteiger partial charge in [-0.15, -0.1) is 11.3 Å². The Kier molecular flexibility index (Phi) is 4.41. The van der Waals surface area contributed by atoms with Crippen molar-refractivity contribution in [2.75, 3.05) is 12.4 Å². The molecule has 1 N–H and O–H groups in total. The van der Waals surface area contributed by atoms with Crippen molar-refractivity contribution in [1.29, 1.82) is 5.26 Å². The molecule has 0 atom stereocenters. The van der Waals surface area contributed by atoms with Gasteiger partial charge in [-0.3, -0.25) is 4.79 Å². The van der Waals surface area contributed by atoms with Crippen molar-refractivity contribution in [3.63, 3.8) is 0 Å². The van der Waals surface area contributed by atoms with Crippen LogP contribution in [-0.4, -0.2) is 31.7 Å². The van der Waals surface area contributed by atoms with Gasteiger partial charge in [0.05, 0.1) is 10.5 Å². The first-order valence-corrected chi connectivity index (χ1v) is 9.62. The van der Waals surface area contributed by atoms with Crippen molar-refractivity contribution >= 4 is 32.3 Å². The minimum absolute atomic E-state index is 0.0845. The normalized spacial score (nSPS) is 14.4. The minimum atomic E-state index is -3.52. The molecule has 0 saturated heterocycles. The van der Waals surface area contributed by atoms with Crippen LogP contribution in [0.15, 0.2) is 40.6 Å². The SMILES string of the molecule is CN(C1CC1)S(=O)(=O)c1ccc(C(=O)Nc2sccc2C#N)cc1. The Morgan fingerprint density at radius 3 is 2.54 bits per heavy atom. The molecule has 1 fully saturated rings. The quantitative estimate of drug-likeness (QED) is 0.886. The number of anilines is 1. The molecule has 0 unspecified atom stereocenters. The van der Waals surface area contributed by atoms with E-state index in [0.29, 0.717) is 16.1 Å². The first-order valence-electron chi connectivity index (χ1n) is 7.30. The number of rotatable bonds is 5. The standard InChI is InChI=1S/C16H15N3O3S2/c1-19(13-4-5-13)24(21,22)14-6-2-11(3-7-14)15(20)18-16-12(10-17)8-9-23-16/h2-3,6-9,13H,4-5H2,1H3,(H,18,20). The van der Waals surface area contributed by atoms with Gasteiger partial charge in [-0.25, -0.2) is 8.42 Å². The van der Waals surface area contributed by atoms with Crippen LogP contribution in [0.4, 0.5) is 5.00 Å². The van der Waals surface area contributed by atoms with Crippen LogP contribution in [0.2, 0.25) is 0 Å². The highest BCUT2D eigenvalue weighted by atomic mass is 32.2. The number of nitrogens with zero attached hydrogens (tertiary/aromatic N) is 2. The molecule has 1 amide bonds. The lowest BCUT2D eigenvalue weighted by Crippen LogP contribution is -2.29. The Morgan fingerprint density at radius 1 is 1.29 bits per heavy atom. The minimum Gasteiger partial charge on any atom is -0.312 e. The second kappa shape index (κ2) is 6.36. The van der Waals surface area contributed by atoms with Crippen LogP contribution in [0.3, 0.4) is 0 Å². The van der Waals surface area contributed by atoms with Crippen LogP contribution >= 0.6 is 11.3 Å². The Labute approximate surface area is 144 Å². The largest absolute Gasteiger partial charge is 0.312 e. The van der Waals surface area contributed by atoms with E-state index >= 15 is 0 Å². The van der Waals surface area contributed by atoms with E-state index < -0.39 is 10.0 Å². The maximum Gasteiger partial charge on any atom is 0.256 e. The van der Waals surface area contributed by atoms with Gasteiger partial charge < -0.3 is 5.32 Å². The van der Waals surface area contributed by atoms with Crippen molar-refractivity contribution in [3.05, 3.63) is 46.8 Å². The fourth-order valence-corrected chi connectivity index (χ4v) is 4.40. The molecule has 1 aromatic carbocycles. The van der Waals surface area contributed by atoms with Crippen molar-refractivity contribution in [1.82, 2.24) is 4.31 Å². The van der Waals surface area contributed by atoms with E-state index in [-0.39, 0.29) is 16.8 Å². The summed E-state index contributed by atoms with van der Waals surface area (Å²) in [5, 5.41) is 13.8. The highest BCUT2D eigenvalue weighted by Gasteiger charge is 2.34. The number of sulfonamides is 1. The van der Waals surface area contributed by atoms with Crippen LogP contribution in [0.1, 0.15) is 28.8 Å². The summed E-state index contributed by atoms with van der Waals surface area (Å²) in [5.41, 5.74) is 0.735. The van der Waals surface area contributed by atoms with Gasteiger partial charge >= 0.3 is 0 Å². The lowest BCUT2D eigenvalue weighted by atomic mass is 10.2. The summed E-state index contributed by atoms with van der Waals surface area (Å²) in [5.74, 6) is -0.381. The monoisotopic (exact) mass is 361 g/mol. The number of amides is 1. The van der Waals surface area contributed by atoms with Crippen molar-refractivity contribution in [3.8, 4) is 6.07 Å². The van der Waals surface area contributed by atoms with Gasteiger partial charge in [0.25, 0.3) is 5.91 Å². The number of hydrogen-bond acceptors (Lipinski definition) is 5. The second-order valence-electron chi connectivity index (χ2n) is 5.51. The zero-order chi connectivity index (χ0) is 17.3. The predicted molar refractivity (Wildman–Crippen MR) is 91.4 cm³/mol. The third-order valence-electron chi connectivity index (χ3n) is 3.87. The molecule has 2 aromatic rings. The third kappa shape index (κ3) is 3.19. The number of nitrogens with one attached hydrogen (secondary N) is 1. The zero-order valence-corrected chi connectivity index (χ0v) is 14.5. The molecule has 1 aromatic heterocycles. The smallest absolute Gasteiger partial charge is 0.256 e. The van der Waals surface area contributed by atoms with Crippen molar-refractivity contribution in [2.45, 2.75) is 23.8 Å². The average Bonchev–Trinajstić information content (AvgIpc) is 3.34. The number of nitriles is 1. The molecule has 0 radical (unpaired) electrons. The molecule has 24 heavy (non-hydrogen) atoms. The number of hydrogen-bond donors (Lipinski definition) is 1. The van der Waals surface area contributed by atoms with E-state index in [1.807, 2.05) is 6.07 Å². The zero-order valence-electron chi connectivity index (χ0n) is 12.9. The lowest BCUT2D eigenvalue weighted by molar-refractivity contribution is 0.102. The summed E-state index contributed by atoms with van der Waals surface area (Å²) in [6, 6.07) is 9.53. The van der Waals surface area contributed by atoms with E-state index in [9.17, 15) is 13.2 Å². The molecule has 124 valence electrons. The highest BCUT2D eigenvalue weighted by Crippen LogP contribution is 2.30. The molecule has 1 aliphatic carbocycles. The average molecular weight is 361 g/mol. The summed E-state index contributed by atoms with van der Waals surface area (Å²) in [6.07, 6.45) is 1.77. The van der Waals surface area contributed by atoms with E-state index in [4.69, 9.17) is 5.26 Å². The van der Waals surface area contributed by atoms with Gasteiger partial charge in [-0.1, -0.05) is 0 Å². The molecule has 0 bridgehead atoms. The van der Waals surface area contributed by atoms with Gasteiger partial charge in [0.2, 0.25) is 10.0 Å². The van der Waals surface area contributed by atoms with Crippen LogP contribution in [-0.2, 0) is 10.0 Å². The van der Waals surface area contributed by atoms with E-state index in [2.05, 4.69) is 5.32 Å². The number of thiophene rings is 1. The molecule has 1 heterocycles. The molecule has 1 aliphatic rings. The first kappa shape index (κ1) is 16.6. The maximum absolute atomic E-state index is 12.4. The van der Waals surface area contributed by atoms with Crippen LogP contribution in [0.5, 0.6) is 0 Å². The molecule has 0 spiro atoms. The van der Waals surface area contributed by atoms with Gasteiger partial charge in [0, 0.05) is 18.7 Å². The van der Waals surface area contributed by atoms with Crippen molar-refractivity contribution in [2.24, 2.45) is 0 Å². The van der Waals surface area contributed by atoms with Crippen LogP contribution < -0.4 is 5.32 Å². The van der Waals surface area contributed by atoms with Gasteiger partial charge in [-0.2, -0.15) is 9.57 Å². The Morgan fingerprint density at radius 2 is 1.96 bits per heavy atom. The fourth-order valence-electron chi connectivity index (χ4n) is 2.25. The Hall–Kier alpha value is -2.21. The molecular formula is C16H15N3O3S2. The van der Waals surface area contributed by atoms with Gasteiger partial charge in [0.1, 0.15) is 11.1 Å². The topological polar surface area (TPSA) is 90.3 Å². The molecule has 0 aliphatic heterocycles. The van der Waals surface area contributed by atoms with Crippen molar-refractivity contribution < 1.29 is 13.2 Å². The summed E-state index contributed by atoms with van der Waals surface area (Å²) >= 11 is 1.26. The second-order valence-corrected chi connectivity index (χ2v) is 8.42. The highest BCUT2D eigenvalue weighted by molar-refractivity contribution is 7.89. The maximum atomic E-state index is 12.4. The van der Waals surface area contributed by atoms with Gasteiger partial charge in [-0.05, 0) is 48.6 Å². The first-order chi connectivity index (χ1) is 11.4. The van der Waals surface area contributed by atoms with Gasteiger partial charge in [0.15, 0.2) is 0 Å². The number of benzene rings is 1. The Bertz CT molecular complexity index is 907. The van der Waals surface area contributed by atoms with Crippen LogP contribution in [0, 0.1) is 11.3 Å². The lowest BCUT2D eigenvalue weighted by Gasteiger charge is -2.16. The molecular weight excluding hydrogens is 346 g/mol. The summed E-state index contributed by atoms with van der Waals surface area (Å²) < 4.78 is 26.2. The fraction of sp³-hybridized carbons (Fsp3) is 0.250. The van der Waals surface area contributed by atoms with Crippen LogP contribution in [0.25, 0.3) is 0 Å². The molecule has 6 nitrogen and oxygen atoms in total. The number of carbonyl (C=O) groups is 1. The molecule has 3 rings (SSSR count). The summed E-state index contributed by atoms with van der Waals surface area (Å²) in [6.45, 7) is 0. The predicted octanol–water partition coefficient (Wildman–Crippen LogP) is 2.65. The molecule has 1 saturated carbocycles. The van der Waals surface area contributed by atoms with E-state index in [1.54, 1.807) is 18.5 Å². The molecule has 8 heteroatoms. The van der Waals surface area contributed by atoms with E-state index in [1.165, 1.54) is 39.9 Å². The summed E-state index contributed by atoms with van der Waals surface area (Å²) in [7, 11) is -1.94. The van der Waals surface area contributed by atoms with E-state index in [0.717, 1.165) is 12.8 Å². The third-order valence-corrected chi connectivity index (χ3v) is 6.62. The Balaban J connectivity index is 1.77.